The Morgan fingerprint density at radius 2 is 2.00 bits per heavy atom. The maximum atomic E-state index is 13.2. The van der Waals surface area contributed by atoms with Gasteiger partial charge in [-0.2, -0.15) is 0 Å². The van der Waals surface area contributed by atoms with E-state index < -0.39 is 0 Å². The Morgan fingerprint density at radius 1 is 1.26 bits per heavy atom. The van der Waals surface area contributed by atoms with Gasteiger partial charge in [0.15, 0.2) is 0 Å². The summed E-state index contributed by atoms with van der Waals surface area (Å²) in [5.41, 5.74) is 9.33. The summed E-state index contributed by atoms with van der Waals surface area (Å²) in [6, 6.07) is 10.5. The molecule has 0 saturated carbocycles. The highest BCUT2D eigenvalue weighted by Gasteiger charge is 2.11. The lowest BCUT2D eigenvalue weighted by atomic mass is 9.96. The van der Waals surface area contributed by atoms with Crippen LogP contribution in [-0.4, -0.2) is 0 Å². The van der Waals surface area contributed by atoms with Crippen molar-refractivity contribution in [2.24, 2.45) is 5.73 Å². The summed E-state index contributed by atoms with van der Waals surface area (Å²) in [5, 5.41) is 0.677. The molecule has 0 aromatic heterocycles. The molecule has 0 bridgehead atoms. The molecule has 0 aliphatic heterocycles. The van der Waals surface area contributed by atoms with Crippen LogP contribution in [0, 0.1) is 12.7 Å². The summed E-state index contributed by atoms with van der Waals surface area (Å²) in [5.74, 6) is -0.267. The second-order valence-corrected chi connectivity index (χ2v) is 5.85. The Morgan fingerprint density at radius 3 is 2.68 bits per heavy atom. The summed E-state index contributed by atoms with van der Waals surface area (Å²) in [6.45, 7) is 2.01. The first-order chi connectivity index (χ1) is 8.97. The smallest absolute Gasteiger partial charge is 0.137 e. The summed E-state index contributed by atoms with van der Waals surface area (Å²) in [7, 11) is 0. The zero-order chi connectivity index (χ0) is 14.0. The quantitative estimate of drug-likeness (QED) is 0.852. The third-order valence-electron chi connectivity index (χ3n) is 3.08. The van der Waals surface area contributed by atoms with Crippen molar-refractivity contribution in [2.75, 3.05) is 0 Å². The van der Waals surface area contributed by atoms with Gasteiger partial charge in [-0.25, -0.2) is 4.39 Å². The van der Waals surface area contributed by atoms with Crippen LogP contribution in [0.2, 0.25) is 5.02 Å². The van der Waals surface area contributed by atoms with E-state index in [4.69, 9.17) is 17.3 Å². The van der Waals surface area contributed by atoms with E-state index in [0.717, 1.165) is 16.7 Å². The van der Waals surface area contributed by atoms with E-state index in [1.165, 1.54) is 6.07 Å². The van der Waals surface area contributed by atoms with Crippen LogP contribution in [0.5, 0.6) is 0 Å². The predicted molar refractivity (Wildman–Crippen MR) is 80.9 cm³/mol. The fraction of sp³-hybridized carbons (Fsp3) is 0.200. The first kappa shape index (κ1) is 14.5. The highest BCUT2D eigenvalue weighted by molar-refractivity contribution is 9.10. The van der Waals surface area contributed by atoms with Gasteiger partial charge >= 0.3 is 0 Å². The van der Waals surface area contributed by atoms with Crippen molar-refractivity contribution in [1.29, 1.82) is 0 Å². The van der Waals surface area contributed by atoms with Crippen LogP contribution in [0.1, 0.15) is 22.7 Å². The van der Waals surface area contributed by atoms with Crippen molar-refractivity contribution in [2.45, 2.75) is 19.4 Å². The Balaban J connectivity index is 2.22. The van der Waals surface area contributed by atoms with Crippen LogP contribution in [-0.2, 0) is 6.42 Å². The number of halogens is 3. The third kappa shape index (κ3) is 3.56. The summed E-state index contributed by atoms with van der Waals surface area (Å²) < 4.78 is 13.6. The number of nitrogens with two attached hydrogens (primary N) is 1. The van der Waals surface area contributed by atoms with Gasteiger partial charge in [0.05, 0.1) is 4.47 Å². The van der Waals surface area contributed by atoms with E-state index in [1.807, 2.05) is 25.1 Å². The fourth-order valence-electron chi connectivity index (χ4n) is 2.04. The lowest BCUT2D eigenvalue weighted by Crippen LogP contribution is -2.14. The number of rotatable bonds is 3. The van der Waals surface area contributed by atoms with Crippen LogP contribution in [0.25, 0.3) is 0 Å². The SMILES string of the molecule is Cc1ccc(Cl)cc1C(N)Cc1ccc(F)c(Br)c1. The molecular formula is C15H14BrClFN. The van der Waals surface area contributed by atoms with Crippen molar-refractivity contribution in [3.63, 3.8) is 0 Å². The maximum absolute atomic E-state index is 13.2. The lowest BCUT2D eigenvalue weighted by Gasteiger charge is -2.15. The molecule has 19 heavy (non-hydrogen) atoms. The molecule has 2 aromatic rings. The molecule has 0 spiro atoms. The minimum absolute atomic E-state index is 0.156. The molecule has 2 N–H and O–H groups in total. The molecule has 2 rings (SSSR count). The molecule has 0 fully saturated rings. The van der Waals surface area contributed by atoms with E-state index in [1.54, 1.807) is 12.1 Å². The first-order valence-electron chi connectivity index (χ1n) is 5.93. The second-order valence-electron chi connectivity index (χ2n) is 4.56. The average molecular weight is 343 g/mol. The van der Waals surface area contributed by atoms with Gasteiger partial charge in [-0.15, -0.1) is 0 Å². The lowest BCUT2D eigenvalue weighted by molar-refractivity contribution is 0.618. The zero-order valence-electron chi connectivity index (χ0n) is 10.5. The number of hydrogen-bond acceptors (Lipinski definition) is 1. The molecule has 0 amide bonds. The van der Waals surface area contributed by atoms with Crippen LogP contribution < -0.4 is 5.73 Å². The van der Waals surface area contributed by atoms with Crippen LogP contribution >= 0.6 is 27.5 Å². The highest BCUT2D eigenvalue weighted by Crippen LogP contribution is 2.25. The van der Waals surface area contributed by atoms with Gasteiger partial charge in [0.25, 0.3) is 0 Å². The Bertz CT molecular complexity index is 601. The van der Waals surface area contributed by atoms with Crippen LogP contribution in [0.15, 0.2) is 40.9 Å². The number of benzene rings is 2. The van der Waals surface area contributed by atoms with E-state index >= 15 is 0 Å². The molecule has 100 valence electrons. The Hall–Kier alpha value is -0.900. The molecule has 0 radical (unpaired) electrons. The van der Waals surface area contributed by atoms with Crippen LogP contribution in [0.3, 0.4) is 0 Å². The minimum Gasteiger partial charge on any atom is -0.324 e. The van der Waals surface area contributed by atoms with E-state index in [0.29, 0.717) is 15.9 Å². The molecule has 0 saturated heterocycles. The fourth-order valence-corrected chi connectivity index (χ4v) is 2.65. The van der Waals surface area contributed by atoms with Crippen molar-refractivity contribution in [3.8, 4) is 0 Å². The minimum atomic E-state index is -0.267. The molecular weight excluding hydrogens is 329 g/mol. The summed E-state index contributed by atoms with van der Waals surface area (Å²) >= 11 is 9.18. The maximum Gasteiger partial charge on any atom is 0.137 e. The van der Waals surface area contributed by atoms with E-state index in [9.17, 15) is 4.39 Å². The Labute approximate surface area is 125 Å². The molecule has 2 aromatic carbocycles. The molecule has 1 atom stereocenters. The van der Waals surface area contributed by atoms with Gasteiger partial charge in [0, 0.05) is 11.1 Å². The molecule has 0 aliphatic rings. The topological polar surface area (TPSA) is 26.0 Å². The molecule has 0 aliphatic carbocycles. The van der Waals surface area contributed by atoms with Crippen molar-refractivity contribution < 1.29 is 4.39 Å². The summed E-state index contributed by atoms with van der Waals surface area (Å²) in [6.07, 6.45) is 0.639. The largest absolute Gasteiger partial charge is 0.324 e. The van der Waals surface area contributed by atoms with E-state index in [2.05, 4.69) is 15.9 Å². The van der Waals surface area contributed by atoms with Gasteiger partial charge in [0.2, 0.25) is 0 Å². The van der Waals surface area contributed by atoms with Gasteiger partial charge in [-0.3, -0.25) is 0 Å². The molecule has 1 unspecified atom stereocenters. The molecule has 0 heterocycles. The Kier molecular flexibility index (Phi) is 4.61. The van der Waals surface area contributed by atoms with E-state index in [-0.39, 0.29) is 11.9 Å². The van der Waals surface area contributed by atoms with Gasteiger partial charge in [-0.05, 0) is 70.2 Å². The number of aryl methyl sites for hydroxylation is 1. The molecule has 4 heteroatoms. The molecule has 1 nitrogen and oxygen atoms in total. The third-order valence-corrected chi connectivity index (χ3v) is 3.92. The average Bonchev–Trinajstić information content (AvgIpc) is 2.36. The second kappa shape index (κ2) is 6.04. The van der Waals surface area contributed by atoms with Crippen molar-refractivity contribution in [3.05, 3.63) is 68.4 Å². The van der Waals surface area contributed by atoms with Crippen molar-refractivity contribution in [1.82, 2.24) is 0 Å². The predicted octanol–water partition coefficient (Wildman–Crippen LogP) is 4.79. The van der Waals surface area contributed by atoms with Gasteiger partial charge < -0.3 is 5.73 Å². The van der Waals surface area contributed by atoms with Gasteiger partial charge in [-0.1, -0.05) is 23.7 Å². The standard InChI is InChI=1S/C15H14BrClFN/c1-9-2-4-11(17)8-12(9)15(19)7-10-3-5-14(18)13(16)6-10/h2-6,8,15H,7,19H2,1H3. The summed E-state index contributed by atoms with van der Waals surface area (Å²) in [4.78, 5) is 0. The first-order valence-corrected chi connectivity index (χ1v) is 7.10. The van der Waals surface area contributed by atoms with Gasteiger partial charge in [0.1, 0.15) is 5.82 Å². The normalized spacial score (nSPS) is 12.5. The monoisotopic (exact) mass is 341 g/mol. The highest BCUT2D eigenvalue weighted by atomic mass is 79.9. The zero-order valence-corrected chi connectivity index (χ0v) is 12.8. The van der Waals surface area contributed by atoms with Crippen molar-refractivity contribution >= 4 is 27.5 Å². The van der Waals surface area contributed by atoms with Crippen LogP contribution in [0.4, 0.5) is 4.39 Å². The number of hydrogen-bond donors (Lipinski definition) is 1.